The number of aromatic amines is 1. The van der Waals surface area contributed by atoms with Crippen molar-refractivity contribution < 1.29 is 9.59 Å². The highest BCUT2D eigenvalue weighted by atomic mass is 32.2. The number of urea groups is 1. The van der Waals surface area contributed by atoms with Crippen molar-refractivity contribution in [2.75, 3.05) is 0 Å². The van der Waals surface area contributed by atoms with Gasteiger partial charge in [-0.15, -0.1) is 5.10 Å². The first-order chi connectivity index (χ1) is 13.1. The maximum Gasteiger partial charge on any atom is 0.321 e. The van der Waals surface area contributed by atoms with Crippen LogP contribution in [0.3, 0.4) is 0 Å². The van der Waals surface area contributed by atoms with Crippen molar-refractivity contribution in [2.24, 2.45) is 0 Å². The van der Waals surface area contributed by atoms with Gasteiger partial charge in [0.05, 0.1) is 5.25 Å². The molecule has 7 nitrogen and oxygen atoms in total. The van der Waals surface area contributed by atoms with Gasteiger partial charge in [0.25, 0.3) is 0 Å². The number of imide groups is 1. The molecule has 0 bridgehead atoms. The van der Waals surface area contributed by atoms with Gasteiger partial charge in [0.15, 0.2) is 5.82 Å². The van der Waals surface area contributed by atoms with Crippen LogP contribution in [0.4, 0.5) is 4.79 Å². The summed E-state index contributed by atoms with van der Waals surface area (Å²) in [4.78, 5) is 28.4. The number of rotatable bonds is 6. The van der Waals surface area contributed by atoms with Crippen molar-refractivity contribution in [2.45, 2.75) is 23.9 Å². The minimum atomic E-state index is -0.531. The quantitative estimate of drug-likeness (QED) is 0.570. The average molecular weight is 381 g/mol. The Bertz CT molecular complexity index is 899. The molecule has 0 unspecified atom stereocenters. The Morgan fingerprint density at radius 2 is 1.74 bits per heavy atom. The van der Waals surface area contributed by atoms with Gasteiger partial charge in [0, 0.05) is 12.1 Å². The second-order valence-electron chi connectivity index (χ2n) is 5.75. The molecule has 0 saturated heterocycles. The number of aromatic nitrogens is 3. The van der Waals surface area contributed by atoms with Crippen molar-refractivity contribution in [3.8, 4) is 11.4 Å². The predicted molar refractivity (Wildman–Crippen MR) is 104 cm³/mol. The number of nitrogens with zero attached hydrogens (tertiary/aromatic N) is 2. The highest BCUT2D eigenvalue weighted by molar-refractivity contribution is 8.00. The van der Waals surface area contributed by atoms with E-state index in [9.17, 15) is 9.59 Å². The summed E-state index contributed by atoms with van der Waals surface area (Å²) in [6.07, 6.45) is 0. The van der Waals surface area contributed by atoms with E-state index in [1.54, 1.807) is 6.92 Å². The zero-order valence-electron chi connectivity index (χ0n) is 14.7. The van der Waals surface area contributed by atoms with E-state index in [4.69, 9.17) is 0 Å². The molecule has 0 fully saturated rings. The van der Waals surface area contributed by atoms with E-state index >= 15 is 0 Å². The van der Waals surface area contributed by atoms with Crippen LogP contribution in [-0.2, 0) is 11.3 Å². The summed E-state index contributed by atoms with van der Waals surface area (Å²) in [5, 5.41) is 11.9. The molecular weight excluding hydrogens is 362 g/mol. The molecule has 3 aromatic rings. The van der Waals surface area contributed by atoms with Crippen molar-refractivity contribution in [1.29, 1.82) is 0 Å². The molecule has 1 aromatic heterocycles. The fraction of sp³-hybridized carbons (Fsp3) is 0.158. The highest BCUT2D eigenvalue weighted by Crippen LogP contribution is 2.22. The first-order valence-corrected chi connectivity index (χ1v) is 9.27. The van der Waals surface area contributed by atoms with E-state index in [1.807, 2.05) is 60.7 Å². The number of hydrogen-bond donors (Lipinski definition) is 3. The monoisotopic (exact) mass is 381 g/mol. The topological polar surface area (TPSA) is 99.8 Å². The number of H-pyrrole nitrogens is 1. The zero-order valence-corrected chi connectivity index (χ0v) is 15.5. The van der Waals surface area contributed by atoms with Gasteiger partial charge in [-0.1, -0.05) is 72.4 Å². The molecule has 1 heterocycles. The molecule has 0 saturated carbocycles. The minimum absolute atomic E-state index is 0.350. The average Bonchev–Trinajstić information content (AvgIpc) is 3.16. The Labute approximate surface area is 161 Å². The largest absolute Gasteiger partial charge is 0.334 e. The van der Waals surface area contributed by atoms with E-state index in [0.717, 1.165) is 11.1 Å². The molecule has 3 N–H and O–H groups in total. The van der Waals surface area contributed by atoms with Crippen LogP contribution in [0.25, 0.3) is 11.4 Å². The third-order valence-corrected chi connectivity index (χ3v) is 4.66. The lowest BCUT2D eigenvalue weighted by Gasteiger charge is -2.10. The maximum atomic E-state index is 12.2. The van der Waals surface area contributed by atoms with Crippen LogP contribution >= 0.6 is 11.8 Å². The Morgan fingerprint density at radius 1 is 1.07 bits per heavy atom. The summed E-state index contributed by atoms with van der Waals surface area (Å²) < 4.78 is 0. The lowest BCUT2D eigenvalue weighted by Crippen LogP contribution is -2.42. The lowest BCUT2D eigenvalue weighted by atomic mass is 10.2. The van der Waals surface area contributed by atoms with Crippen molar-refractivity contribution in [1.82, 2.24) is 25.8 Å². The standard InChI is InChI=1S/C19H19N5O2S/c1-13(17(25)22-18(26)20-12-14-8-4-2-5-9-14)27-19-21-16(23-24-19)15-10-6-3-7-11-15/h2-11,13H,12H2,1H3,(H,21,23,24)(H2,20,22,25,26)/t13-/m1/s1. The van der Waals surface area contributed by atoms with Crippen LogP contribution < -0.4 is 10.6 Å². The van der Waals surface area contributed by atoms with Crippen LogP contribution in [0.15, 0.2) is 65.8 Å². The van der Waals surface area contributed by atoms with Crippen molar-refractivity contribution in [3.05, 3.63) is 66.2 Å². The molecule has 2 aromatic carbocycles. The van der Waals surface area contributed by atoms with Crippen LogP contribution in [0, 0.1) is 0 Å². The number of hydrogen-bond acceptors (Lipinski definition) is 5. The molecule has 0 radical (unpaired) electrons. The predicted octanol–water partition coefficient (Wildman–Crippen LogP) is 2.98. The fourth-order valence-corrected chi connectivity index (χ4v) is 3.00. The van der Waals surface area contributed by atoms with Gasteiger partial charge in [0.1, 0.15) is 0 Å². The number of benzene rings is 2. The summed E-state index contributed by atoms with van der Waals surface area (Å²) in [5.74, 6) is 0.225. The molecule has 1 atom stereocenters. The molecule has 8 heteroatoms. The number of nitrogens with one attached hydrogen (secondary N) is 3. The second-order valence-corrected chi connectivity index (χ2v) is 7.06. The van der Waals surface area contributed by atoms with E-state index in [2.05, 4.69) is 25.8 Å². The minimum Gasteiger partial charge on any atom is -0.334 e. The summed E-state index contributed by atoms with van der Waals surface area (Å²) in [7, 11) is 0. The zero-order chi connectivity index (χ0) is 19.1. The van der Waals surface area contributed by atoms with Crippen LogP contribution in [-0.4, -0.2) is 32.4 Å². The van der Waals surface area contributed by atoms with Crippen LogP contribution in [0.1, 0.15) is 12.5 Å². The molecular formula is C19H19N5O2S. The molecule has 0 aliphatic rings. The van der Waals surface area contributed by atoms with E-state index < -0.39 is 17.2 Å². The SMILES string of the molecule is C[C@@H](Sc1n[nH]c(-c2ccccc2)n1)C(=O)NC(=O)NCc1ccccc1. The molecule has 3 amide bonds. The molecule has 3 rings (SSSR count). The normalized spacial score (nSPS) is 11.6. The molecule has 0 aliphatic carbocycles. The number of thioether (sulfide) groups is 1. The number of carbonyl (C=O) groups is 2. The van der Waals surface area contributed by atoms with E-state index in [1.165, 1.54) is 11.8 Å². The van der Waals surface area contributed by atoms with Gasteiger partial charge in [-0.3, -0.25) is 15.2 Å². The number of carbonyl (C=O) groups excluding carboxylic acids is 2. The third-order valence-electron chi connectivity index (χ3n) is 3.70. The molecule has 0 spiro atoms. The Morgan fingerprint density at radius 3 is 2.44 bits per heavy atom. The first kappa shape index (κ1) is 18.7. The maximum absolute atomic E-state index is 12.2. The van der Waals surface area contributed by atoms with Crippen molar-refractivity contribution in [3.63, 3.8) is 0 Å². The van der Waals surface area contributed by atoms with Gasteiger partial charge in [0.2, 0.25) is 11.1 Å². The van der Waals surface area contributed by atoms with Gasteiger partial charge in [-0.25, -0.2) is 9.78 Å². The highest BCUT2D eigenvalue weighted by Gasteiger charge is 2.19. The van der Waals surface area contributed by atoms with Crippen LogP contribution in [0.5, 0.6) is 0 Å². The van der Waals surface area contributed by atoms with Gasteiger partial charge < -0.3 is 5.32 Å². The Hall–Kier alpha value is -3.13. The van der Waals surface area contributed by atoms with Gasteiger partial charge >= 0.3 is 6.03 Å². The first-order valence-electron chi connectivity index (χ1n) is 8.39. The Balaban J connectivity index is 1.49. The van der Waals surface area contributed by atoms with Crippen LogP contribution in [0.2, 0.25) is 0 Å². The van der Waals surface area contributed by atoms with Crippen molar-refractivity contribution >= 4 is 23.7 Å². The summed E-state index contributed by atoms with van der Waals surface area (Å²) in [5.41, 5.74) is 1.87. The molecule has 27 heavy (non-hydrogen) atoms. The molecule has 138 valence electrons. The third kappa shape index (κ3) is 5.42. The van der Waals surface area contributed by atoms with E-state index in [0.29, 0.717) is 17.5 Å². The van der Waals surface area contributed by atoms with Gasteiger partial charge in [-0.2, -0.15) is 0 Å². The Kier molecular flexibility index (Phi) is 6.22. The van der Waals surface area contributed by atoms with Gasteiger partial charge in [-0.05, 0) is 12.5 Å². The lowest BCUT2D eigenvalue weighted by molar-refractivity contribution is -0.119. The summed E-state index contributed by atoms with van der Waals surface area (Å²) in [6.45, 7) is 2.05. The number of amides is 3. The summed E-state index contributed by atoms with van der Waals surface area (Å²) in [6, 6.07) is 18.5. The smallest absolute Gasteiger partial charge is 0.321 e. The van der Waals surface area contributed by atoms with E-state index in [-0.39, 0.29) is 0 Å². The molecule has 0 aliphatic heterocycles. The fourth-order valence-electron chi connectivity index (χ4n) is 2.27. The second kappa shape index (κ2) is 9.00. The summed E-state index contributed by atoms with van der Waals surface area (Å²) >= 11 is 1.18.